The van der Waals surface area contributed by atoms with Gasteiger partial charge in [0, 0.05) is 26.7 Å². The molecule has 0 atom stereocenters. The van der Waals surface area contributed by atoms with Crippen molar-refractivity contribution in [2.45, 2.75) is 6.92 Å². The van der Waals surface area contributed by atoms with Crippen LogP contribution in [0.15, 0.2) is 34.5 Å². The number of carbonyl (C=O) groups is 1. The molecule has 0 spiro atoms. The fraction of sp³-hybridized carbons (Fsp3) is 0.250. The molecule has 0 aromatic heterocycles. The highest BCUT2D eigenvalue weighted by atomic mass is 16.1. The topological polar surface area (TPSA) is 57.1 Å². The van der Waals surface area contributed by atoms with Crippen LogP contribution < -0.4 is 5.32 Å². The zero-order chi connectivity index (χ0) is 12.7. The second-order valence-electron chi connectivity index (χ2n) is 3.75. The average molecular weight is 232 g/mol. The van der Waals surface area contributed by atoms with Gasteiger partial charge >= 0.3 is 0 Å². The summed E-state index contributed by atoms with van der Waals surface area (Å²) in [6.07, 6.45) is 3.24. The van der Waals surface area contributed by atoms with Gasteiger partial charge in [-0.25, -0.2) is 0 Å². The van der Waals surface area contributed by atoms with Crippen LogP contribution in [0.2, 0.25) is 0 Å². The van der Waals surface area contributed by atoms with Crippen LogP contribution in [0.3, 0.4) is 0 Å². The molecule has 1 rings (SSSR count). The van der Waals surface area contributed by atoms with E-state index in [0.717, 1.165) is 11.3 Å². The molecule has 5 nitrogen and oxygen atoms in total. The largest absolute Gasteiger partial charge is 0.367 e. The maximum atomic E-state index is 10.9. The molecule has 1 N–H and O–H groups in total. The fourth-order valence-corrected chi connectivity index (χ4v) is 1.13. The zero-order valence-electron chi connectivity index (χ0n) is 10.2. The molecule has 0 saturated heterocycles. The van der Waals surface area contributed by atoms with Crippen molar-refractivity contribution in [2.24, 2.45) is 10.2 Å². The van der Waals surface area contributed by atoms with E-state index in [-0.39, 0.29) is 5.91 Å². The lowest BCUT2D eigenvalue weighted by molar-refractivity contribution is -0.114. The van der Waals surface area contributed by atoms with Gasteiger partial charge in [0.1, 0.15) is 6.34 Å². The van der Waals surface area contributed by atoms with Gasteiger partial charge in [0.05, 0.1) is 6.21 Å². The van der Waals surface area contributed by atoms with Crippen molar-refractivity contribution in [1.29, 1.82) is 0 Å². The molecule has 17 heavy (non-hydrogen) atoms. The van der Waals surface area contributed by atoms with Crippen LogP contribution in [0.4, 0.5) is 5.69 Å². The van der Waals surface area contributed by atoms with Gasteiger partial charge in [0.2, 0.25) is 5.91 Å². The number of nitrogens with one attached hydrogen (secondary N) is 1. The van der Waals surface area contributed by atoms with E-state index in [0.29, 0.717) is 0 Å². The van der Waals surface area contributed by atoms with E-state index in [1.165, 1.54) is 6.92 Å². The van der Waals surface area contributed by atoms with Crippen molar-refractivity contribution in [2.75, 3.05) is 19.4 Å². The average Bonchev–Trinajstić information content (AvgIpc) is 2.24. The number of hydrogen-bond donors (Lipinski definition) is 1. The maximum Gasteiger partial charge on any atom is 0.221 e. The van der Waals surface area contributed by atoms with E-state index in [2.05, 4.69) is 15.5 Å². The van der Waals surface area contributed by atoms with Gasteiger partial charge in [-0.1, -0.05) is 12.1 Å². The molecule has 0 bridgehead atoms. The number of hydrogen-bond acceptors (Lipinski definition) is 3. The number of benzene rings is 1. The summed E-state index contributed by atoms with van der Waals surface area (Å²) < 4.78 is 0. The number of anilines is 1. The van der Waals surface area contributed by atoms with Gasteiger partial charge in [0.15, 0.2) is 0 Å². The fourth-order valence-electron chi connectivity index (χ4n) is 1.13. The van der Waals surface area contributed by atoms with E-state index >= 15 is 0 Å². The monoisotopic (exact) mass is 232 g/mol. The van der Waals surface area contributed by atoms with Gasteiger partial charge in [-0.05, 0) is 17.7 Å². The number of rotatable bonds is 4. The van der Waals surface area contributed by atoms with Crippen molar-refractivity contribution >= 4 is 24.1 Å². The minimum Gasteiger partial charge on any atom is -0.367 e. The van der Waals surface area contributed by atoms with Crippen molar-refractivity contribution in [1.82, 2.24) is 4.90 Å². The third-order valence-corrected chi connectivity index (χ3v) is 1.76. The summed E-state index contributed by atoms with van der Waals surface area (Å²) >= 11 is 0. The SMILES string of the molecule is CC(=O)Nc1cccc(/C=N/N=C\N(C)C)c1. The van der Waals surface area contributed by atoms with E-state index < -0.39 is 0 Å². The van der Waals surface area contributed by atoms with E-state index in [1.54, 1.807) is 17.5 Å². The number of carbonyl (C=O) groups excluding carboxylic acids is 1. The molecule has 1 aromatic carbocycles. The second-order valence-corrected chi connectivity index (χ2v) is 3.75. The Balaban J connectivity index is 2.68. The molecular weight excluding hydrogens is 216 g/mol. The Morgan fingerprint density at radius 1 is 1.35 bits per heavy atom. The molecule has 1 aromatic rings. The second kappa shape index (κ2) is 6.42. The molecule has 0 aliphatic carbocycles. The first kappa shape index (κ1) is 12.9. The summed E-state index contributed by atoms with van der Waals surface area (Å²) in [5.41, 5.74) is 1.63. The van der Waals surface area contributed by atoms with Crippen molar-refractivity contribution in [3.05, 3.63) is 29.8 Å². The quantitative estimate of drug-likeness (QED) is 0.486. The van der Waals surface area contributed by atoms with Gasteiger partial charge in [-0.2, -0.15) is 5.10 Å². The molecule has 0 radical (unpaired) electrons. The Morgan fingerprint density at radius 3 is 2.76 bits per heavy atom. The molecule has 5 heteroatoms. The molecular formula is C12H16N4O. The van der Waals surface area contributed by atoms with Crippen molar-refractivity contribution in [3.63, 3.8) is 0 Å². The standard InChI is InChI=1S/C12H16N4O/c1-10(17)15-12-6-4-5-11(7-12)8-13-14-9-16(2)3/h4-9H,1-3H3,(H,15,17)/b13-8+,14-9-. The molecule has 0 aliphatic heterocycles. The van der Waals surface area contributed by atoms with Crippen LogP contribution in [-0.4, -0.2) is 37.5 Å². The summed E-state index contributed by atoms with van der Waals surface area (Å²) in [5, 5.41) is 10.4. The van der Waals surface area contributed by atoms with Crippen LogP contribution in [0.1, 0.15) is 12.5 Å². The molecule has 90 valence electrons. The Hall–Kier alpha value is -2.17. The van der Waals surface area contributed by atoms with E-state index in [1.807, 2.05) is 38.4 Å². The van der Waals surface area contributed by atoms with Crippen LogP contribution in [-0.2, 0) is 4.79 Å². The van der Waals surface area contributed by atoms with Crippen molar-refractivity contribution < 1.29 is 4.79 Å². The van der Waals surface area contributed by atoms with Gasteiger partial charge < -0.3 is 10.2 Å². The van der Waals surface area contributed by atoms with Crippen LogP contribution in [0, 0.1) is 0 Å². The Kier molecular flexibility index (Phi) is 4.87. The molecule has 0 fully saturated rings. The lowest BCUT2D eigenvalue weighted by Crippen LogP contribution is -2.07. The minimum atomic E-state index is -0.0929. The lowest BCUT2D eigenvalue weighted by Gasteiger charge is -2.02. The van der Waals surface area contributed by atoms with Crippen LogP contribution in [0.25, 0.3) is 0 Å². The molecule has 0 unspecified atom stereocenters. The summed E-state index contributed by atoms with van der Waals surface area (Å²) in [4.78, 5) is 12.7. The predicted molar refractivity (Wildman–Crippen MR) is 70.5 cm³/mol. The first-order chi connectivity index (χ1) is 8.08. The highest BCUT2D eigenvalue weighted by molar-refractivity contribution is 5.90. The molecule has 1 amide bonds. The highest BCUT2D eigenvalue weighted by Gasteiger charge is 1.95. The maximum absolute atomic E-state index is 10.9. The van der Waals surface area contributed by atoms with Crippen LogP contribution in [0.5, 0.6) is 0 Å². The molecule has 0 aliphatic rings. The predicted octanol–water partition coefficient (Wildman–Crippen LogP) is 1.57. The third kappa shape index (κ3) is 5.46. The van der Waals surface area contributed by atoms with Crippen molar-refractivity contribution in [3.8, 4) is 0 Å². The van der Waals surface area contributed by atoms with Gasteiger partial charge in [0.25, 0.3) is 0 Å². The summed E-state index contributed by atoms with van der Waals surface area (Å²) in [6.45, 7) is 1.47. The van der Waals surface area contributed by atoms with Gasteiger partial charge in [-0.3, -0.25) is 4.79 Å². The highest BCUT2D eigenvalue weighted by Crippen LogP contribution is 2.08. The first-order valence-electron chi connectivity index (χ1n) is 5.18. The third-order valence-electron chi connectivity index (χ3n) is 1.76. The molecule has 0 saturated carbocycles. The first-order valence-corrected chi connectivity index (χ1v) is 5.18. The normalized spacial score (nSPS) is 11.0. The Labute approximate surface area is 101 Å². The smallest absolute Gasteiger partial charge is 0.221 e. The Morgan fingerprint density at radius 2 is 2.12 bits per heavy atom. The van der Waals surface area contributed by atoms with Crippen LogP contribution >= 0.6 is 0 Å². The van der Waals surface area contributed by atoms with E-state index in [4.69, 9.17) is 0 Å². The summed E-state index contributed by atoms with van der Waals surface area (Å²) in [5.74, 6) is -0.0929. The lowest BCUT2D eigenvalue weighted by atomic mass is 10.2. The minimum absolute atomic E-state index is 0.0929. The van der Waals surface area contributed by atoms with E-state index in [9.17, 15) is 4.79 Å². The molecule has 0 heterocycles. The summed E-state index contributed by atoms with van der Waals surface area (Å²) in [7, 11) is 3.74. The summed E-state index contributed by atoms with van der Waals surface area (Å²) in [6, 6.07) is 7.39. The number of amides is 1. The Bertz CT molecular complexity index is 438. The van der Waals surface area contributed by atoms with Gasteiger partial charge in [-0.15, -0.1) is 5.10 Å². The zero-order valence-corrected chi connectivity index (χ0v) is 10.2. The number of nitrogens with zero attached hydrogens (tertiary/aromatic N) is 3.